The molecule has 1 heterocycles. The van der Waals surface area contributed by atoms with Crippen molar-refractivity contribution in [1.82, 2.24) is 0 Å². The molecule has 2 aromatic rings. The van der Waals surface area contributed by atoms with Crippen LogP contribution in [0.15, 0.2) is 34.1 Å². The number of amides is 1. The maximum absolute atomic E-state index is 11.9. The number of carbonyl (C=O) groups excluding carboxylic acids is 1. The molecule has 0 unspecified atom stereocenters. The van der Waals surface area contributed by atoms with Gasteiger partial charge in [0.05, 0.1) is 10.6 Å². The van der Waals surface area contributed by atoms with Gasteiger partial charge in [-0.05, 0) is 18.9 Å². The molecule has 1 saturated carbocycles. The van der Waals surface area contributed by atoms with Crippen LogP contribution < -0.4 is 5.32 Å². The Bertz CT molecular complexity index is 721. The Balaban J connectivity index is 2.02. The average Bonchev–Trinajstić information content (AvgIpc) is 3.21. The number of aromatic carboxylic acids is 1. The van der Waals surface area contributed by atoms with E-state index in [2.05, 4.69) is 21.2 Å². The van der Waals surface area contributed by atoms with Crippen molar-refractivity contribution in [2.45, 2.75) is 12.8 Å². The van der Waals surface area contributed by atoms with E-state index in [-0.39, 0.29) is 17.4 Å². The monoisotopic (exact) mass is 365 g/mol. The van der Waals surface area contributed by atoms with Crippen molar-refractivity contribution in [3.05, 3.63) is 39.7 Å². The molecule has 0 spiro atoms. The summed E-state index contributed by atoms with van der Waals surface area (Å²) in [5.41, 5.74) is 1.35. The number of thiophene rings is 1. The van der Waals surface area contributed by atoms with Crippen LogP contribution in [0.3, 0.4) is 0 Å². The lowest BCUT2D eigenvalue weighted by Crippen LogP contribution is -2.15. The van der Waals surface area contributed by atoms with E-state index >= 15 is 0 Å². The van der Waals surface area contributed by atoms with Crippen molar-refractivity contribution in [2.75, 3.05) is 5.32 Å². The summed E-state index contributed by atoms with van der Waals surface area (Å²) >= 11 is 4.76. The topological polar surface area (TPSA) is 66.4 Å². The van der Waals surface area contributed by atoms with Crippen LogP contribution in [0.4, 0.5) is 5.69 Å². The summed E-state index contributed by atoms with van der Waals surface area (Å²) in [6.07, 6.45) is 1.77. The fourth-order valence-corrected chi connectivity index (χ4v) is 3.73. The summed E-state index contributed by atoms with van der Waals surface area (Å²) in [6.45, 7) is 0. The van der Waals surface area contributed by atoms with Crippen LogP contribution >= 0.6 is 27.3 Å². The molecule has 0 aliphatic heterocycles. The van der Waals surface area contributed by atoms with Crippen LogP contribution in [0.25, 0.3) is 10.4 Å². The fourth-order valence-electron chi connectivity index (χ4n) is 2.09. The highest BCUT2D eigenvalue weighted by atomic mass is 79.9. The highest BCUT2D eigenvalue weighted by molar-refractivity contribution is 9.10. The van der Waals surface area contributed by atoms with Gasteiger partial charge in [0.15, 0.2) is 0 Å². The molecule has 1 aliphatic rings. The van der Waals surface area contributed by atoms with E-state index in [1.807, 2.05) is 24.3 Å². The summed E-state index contributed by atoms with van der Waals surface area (Å²) in [7, 11) is 0. The molecule has 1 aliphatic carbocycles. The number of carboxylic acids is 1. The number of hydrogen-bond donors (Lipinski definition) is 2. The average molecular weight is 366 g/mol. The Labute approximate surface area is 133 Å². The highest BCUT2D eigenvalue weighted by Gasteiger charge is 2.31. The van der Waals surface area contributed by atoms with Crippen molar-refractivity contribution in [3.63, 3.8) is 0 Å². The van der Waals surface area contributed by atoms with E-state index in [0.717, 1.165) is 22.9 Å². The Hall–Kier alpha value is -1.66. The van der Waals surface area contributed by atoms with Crippen molar-refractivity contribution >= 4 is 44.8 Å². The summed E-state index contributed by atoms with van der Waals surface area (Å²) in [4.78, 5) is 24.1. The smallest absolute Gasteiger partial charge is 0.339 e. The molecule has 0 bridgehead atoms. The third kappa shape index (κ3) is 2.87. The predicted octanol–water partition coefficient (Wildman–Crippen LogP) is 4.22. The Morgan fingerprint density at radius 2 is 2.00 bits per heavy atom. The van der Waals surface area contributed by atoms with Gasteiger partial charge in [-0.15, -0.1) is 11.3 Å². The van der Waals surface area contributed by atoms with Gasteiger partial charge in [0.1, 0.15) is 5.56 Å². The summed E-state index contributed by atoms with van der Waals surface area (Å²) in [6, 6.07) is 7.45. The zero-order valence-corrected chi connectivity index (χ0v) is 13.3. The first-order chi connectivity index (χ1) is 10.1. The zero-order chi connectivity index (χ0) is 15.0. The number of hydrogen-bond acceptors (Lipinski definition) is 3. The SMILES string of the molecule is O=C(O)c1c(NC(=O)C2CC2)csc1-c1ccccc1Br. The first-order valence-electron chi connectivity index (χ1n) is 6.48. The first kappa shape index (κ1) is 14.3. The Kier molecular flexibility index (Phi) is 3.82. The molecule has 0 atom stereocenters. The minimum absolute atomic E-state index is 0.0402. The van der Waals surface area contributed by atoms with E-state index in [4.69, 9.17) is 0 Å². The third-order valence-electron chi connectivity index (χ3n) is 3.33. The van der Waals surface area contributed by atoms with Gasteiger partial charge in [-0.2, -0.15) is 0 Å². The molecule has 1 aromatic heterocycles. The normalized spacial score (nSPS) is 14.0. The number of carbonyl (C=O) groups is 2. The lowest BCUT2D eigenvalue weighted by Gasteiger charge is -2.06. The molecule has 4 nitrogen and oxygen atoms in total. The lowest BCUT2D eigenvalue weighted by atomic mass is 10.1. The molecule has 3 rings (SSSR count). The minimum Gasteiger partial charge on any atom is -0.478 e. The van der Waals surface area contributed by atoms with Gasteiger partial charge in [0.2, 0.25) is 5.91 Å². The maximum Gasteiger partial charge on any atom is 0.339 e. The Morgan fingerprint density at radius 3 is 2.62 bits per heavy atom. The van der Waals surface area contributed by atoms with E-state index < -0.39 is 5.97 Å². The summed E-state index contributed by atoms with van der Waals surface area (Å²) in [5.74, 6) is -1.08. The number of benzene rings is 1. The van der Waals surface area contributed by atoms with E-state index in [1.54, 1.807) is 5.38 Å². The first-order valence-corrected chi connectivity index (χ1v) is 8.15. The third-order valence-corrected chi connectivity index (χ3v) is 5.03. The number of rotatable bonds is 4. The molecular weight excluding hydrogens is 354 g/mol. The molecule has 2 N–H and O–H groups in total. The predicted molar refractivity (Wildman–Crippen MR) is 85.8 cm³/mol. The van der Waals surface area contributed by atoms with E-state index in [1.165, 1.54) is 11.3 Å². The van der Waals surface area contributed by atoms with Crippen LogP contribution in [0.2, 0.25) is 0 Å². The molecule has 1 aromatic carbocycles. The molecule has 108 valence electrons. The maximum atomic E-state index is 11.9. The van der Waals surface area contributed by atoms with E-state index in [0.29, 0.717) is 10.6 Å². The molecule has 21 heavy (non-hydrogen) atoms. The Morgan fingerprint density at radius 1 is 1.29 bits per heavy atom. The van der Waals surface area contributed by atoms with Gasteiger partial charge < -0.3 is 10.4 Å². The molecule has 1 amide bonds. The van der Waals surface area contributed by atoms with Crippen LogP contribution in [0.1, 0.15) is 23.2 Å². The molecule has 0 radical (unpaired) electrons. The van der Waals surface area contributed by atoms with Crippen LogP contribution in [-0.2, 0) is 4.79 Å². The van der Waals surface area contributed by atoms with Gasteiger partial charge in [-0.3, -0.25) is 4.79 Å². The van der Waals surface area contributed by atoms with Gasteiger partial charge >= 0.3 is 5.97 Å². The second kappa shape index (κ2) is 5.61. The lowest BCUT2D eigenvalue weighted by molar-refractivity contribution is -0.117. The highest BCUT2D eigenvalue weighted by Crippen LogP contribution is 2.40. The number of anilines is 1. The van der Waals surface area contributed by atoms with Crippen molar-refractivity contribution < 1.29 is 14.7 Å². The molecule has 0 saturated heterocycles. The van der Waals surface area contributed by atoms with Crippen LogP contribution in [-0.4, -0.2) is 17.0 Å². The van der Waals surface area contributed by atoms with Gasteiger partial charge in [0, 0.05) is 21.3 Å². The number of nitrogens with one attached hydrogen (secondary N) is 1. The number of carboxylic acid groups (broad SMARTS) is 1. The van der Waals surface area contributed by atoms with E-state index in [9.17, 15) is 14.7 Å². The molecule has 6 heteroatoms. The largest absolute Gasteiger partial charge is 0.478 e. The standard InChI is InChI=1S/C15H12BrNO3S/c16-10-4-2-1-3-9(10)13-12(15(19)20)11(7-21-13)17-14(18)8-5-6-8/h1-4,7-8H,5-6H2,(H,17,18)(H,19,20). The molecule has 1 fully saturated rings. The van der Waals surface area contributed by atoms with Crippen LogP contribution in [0, 0.1) is 5.92 Å². The number of halogens is 1. The summed E-state index contributed by atoms with van der Waals surface area (Å²) in [5, 5.41) is 13.9. The molecular formula is C15H12BrNO3S. The van der Waals surface area contributed by atoms with Crippen molar-refractivity contribution in [2.24, 2.45) is 5.92 Å². The van der Waals surface area contributed by atoms with Gasteiger partial charge in [-0.25, -0.2) is 4.79 Å². The minimum atomic E-state index is -1.03. The fraction of sp³-hybridized carbons (Fsp3) is 0.200. The zero-order valence-electron chi connectivity index (χ0n) is 10.9. The van der Waals surface area contributed by atoms with Crippen LogP contribution in [0.5, 0.6) is 0 Å². The second-order valence-electron chi connectivity index (χ2n) is 4.90. The second-order valence-corrected chi connectivity index (χ2v) is 6.64. The van der Waals surface area contributed by atoms with Crippen molar-refractivity contribution in [3.8, 4) is 10.4 Å². The van der Waals surface area contributed by atoms with Gasteiger partial charge in [-0.1, -0.05) is 34.1 Å². The summed E-state index contributed by atoms with van der Waals surface area (Å²) < 4.78 is 0.828. The quantitative estimate of drug-likeness (QED) is 0.851. The van der Waals surface area contributed by atoms with Gasteiger partial charge in [0.25, 0.3) is 0 Å². The van der Waals surface area contributed by atoms with Crippen molar-refractivity contribution in [1.29, 1.82) is 0 Å².